The number of nitrogens with one attached hydrogen (secondary N) is 1. The predicted octanol–water partition coefficient (Wildman–Crippen LogP) is 3.58. The number of hydrogen-bond acceptors (Lipinski definition) is 2. The van der Waals surface area contributed by atoms with Crippen LogP contribution in [0.2, 0.25) is 0 Å². The van der Waals surface area contributed by atoms with Gasteiger partial charge in [-0.25, -0.2) is 0 Å². The van der Waals surface area contributed by atoms with E-state index < -0.39 is 0 Å². The van der Waals surface area contributed by atoms with Crippen LogP contribution in [0.5, 0.6) is 0 Å². The van der Waals surface area contributed by atoms with Crippen LogP contribution in [0.25, 0.3) is 0 Å². The summed E-state index contributed by atoms with van der Waals surface area (Å²) in [6.45, 7) is 3.94. The molecule has 0 amide bonds. The summed E-state index contributed by atoms with van der Waals surface area (Å²) in [4.78, 5) is 2.37. The molecule has 1 atom stereocenters. The first-order chi connectivity index (χ1) is 10.2. The fourth-order valence-corrected chi connectivity index (χ4v) is 2.60. The van der Waals surface area contributed by atoms with Gasteiger partial charge in [0.05, 0.1) is 5.84 Å². The topological polar surface area (TPSA) is 53.1 Å². The van der Waals surface area contributed by atoms with Crippen LogP contribution in [0.3, 0.4) is 0 Å². The van der Waals surface area contributed by atoms with Gasteiger partial charge in [-0.05, 0) is 17.7 Å². The Hall–Kier alpha value is -2.13. The highest BCUT2D eigenvalue weighted by molar-refractivity contribution is 5.77. The standard InChI is InChI=1S/C18H23N3/c1-2-21(14-15-9-5-3-6-10-15)17(13-18(19)20)16-11-7-4-8-12-16/h3-12,17H,2,13-14H2,1H3,(H3,19,20). The number of nitrogens with zero attached hydrogens (tertiary/aromatic N) is 1. The van der Waals surface area contributed by atoms with E-state index in [1.807, 2.05) is 24.3 Å². The molecule has 0 saturated carbocycles. The van der Waals surface area contributed by atoms with E-state index in [-0.39, 0.29) is 11.9 Å². The molecule has 0 heterocycles. The minimum absolute atomic E-state index is 0.147. The van der Waals surface area contributed by atoms with Crippen molar-refractivity contribution in [3.05, 3.63) is 71.8 Å². The zero-order valence-electron chi connectivity index (χ0n) is 12.5. The van der Waals surface area contributed by atoms with Crippen LogP contribution in [-0.2, 0) is 6.54 Å². The summed E-state index contributed by atoms with van der Waals surface area (Å²) in [7, 11) is 0. The minimum atomic E-state index is 0.147. The molecular formula is C18H23N3. The van der Waals surface area contributed by atoms with E-state index in [9.17, 15) is 0 Å². The number of rotatable bonds is 7. The molecule has 0 aliphatic rings. The lowest BCUT2D eigenvalue weighted by atomic mass is 10.0. The Labute approximate surface area is 126 Å². The summed E-state index contributed by atoms with van der Waals surface area (Å²) in [6.07, 6.45) is 0.560. The van der Waals surface area contributed by atoms with Gasteiger partial charge in [0.1, 0.15) is 0 Å². The molecule has 21 heavy (non-hydrogen) atoms. The van der Waals surface area contributed by atoms with E-state index in [2.05, 4.69) is 48.2 Å². The maximum absolute atomic E-state index is 7.67. The summed E-state index contributed by atoms with van der Waals surface area (Å²) >= 11 is 0. The average molecular weight is 281 g/mol. The van der Waals surface area contributed by atoms with E-state index in [0.29, 0.717) is 6.42 Å². The van der Waals surface area contributed by atoms with Gasteiger partial charge in [0.2, 0.25) is 0 Å². The smallest absolute Gasteiger partial charge is 0.0924 e. The van der Waals surface area contributed by atoms with Crippen LogP contribution in [0, 0.1) is 5.41 Å². The molecule has 0 saturated heterocycles. The number of amidine groups is 1. The molecule has 2 aromatic rings. The van der Waals surface area contributed by atoms with Crippen molar-refractivity contribution in [2.45, 2.75) is 25.9 Å². The van der Waals surface area contributed by atoms with Crippen molar-refractivity contribution in [3.8, 4) is 0 Å². The van der Waals surface area contributed by atoms with Gasteiger partial charge in [0.25, 0.3) is 0 Å². The molecule has 1 unspecified atom stereocenters. The van der Waals surface area contributed by atoms with Crippen molar-refractivity contribution in [1.82, 2.24) is 4.90 Å². The summed E-state index contributed by atoms with van der Waals surface area (Å²) in [5.74, 6) is 0.232. The molecule has 3 nitrogen and oxygen atoms in total. The maximum Gasteiger partial charge on any atom is 0.0924 e. The largest absolute Gasteiger partial charge is 0.388 e. The highest BCUT2D eigenvalue weighted by Gasteiger charge is 2.20. The average Bonchev–Trinajstić information content (AvgIpc) is 2.52. The first kappa shape index (κ1) is 15.3. The van der Waals surface area contributed by atoms with Crippen LogP contribution in [0.4, 0.5) is 0 Å². The molecule has 110 valence electrons. The fraction of sp³-hybridized carbons (Fsp3) is 0.278. The molecule has 2 rings (SSSR count). The van der Waals surface area contributed by atoms with Crippen LogP contribution in [-0.4, -0.2) is 17.3 Å². The van der Waals surface area contributed by atoms with Crippen molar-refractivity contribution >= 4 is 5.84 Å². The second-order valence-electron chi connectivity index (χ2n) is 5.20. The minimum Gasteiger partial charge on any atom is -0.388 e. The van der Waals surface area contributed by atoms with Crippen LogP contribution >= 0.6 is 0 Å². The Morgan fingerprint density at radius 3 is 2.14 bits per heavy atom. The van der Waals surface area contributed by atoms with E-state index >= 15 is 0 Å². The van der Waals surface area contributed by atoms with Crippen molar-refractivity contribution in [3.63, 3.8) is 0 Å². The van der Waals surface area contributed by atoms with Gasteiger partial charge < -0.3 is 5.73 Å². The molecule has 0 radical (unpaired) electrons. The third-order valence-corrected chi connectivity index (χ3v) is 3.67. The van der Waals surface area contributed by atoms with Crippen LogP contribution < -0.4 is 5.73 Å². The molecule has 3 N–H and O–H groups in total. The zero-order chi connectivity index (χ0) is 15.1. The maximum atomic E-state index is 7.67. The van der Waals surface area contributed by atoms with E-state index in [1.165, 1.54) is 11.1 Å². The Balaban J connectivity index is 2.23. The molecule has 2 aromatic carbocycles. The van der Waals surface area contributed by atoms with Gasteiger partial charge in [0.15, 0.2) is 0 Å². The molecule has 0 aliphatic carbocycles. The van der Waals surface area contributed by atoms with Gasteiger partial charge in [-0.15, -0.1) is 0 Å². The second-order valence-corrected chi connectivity index (χ2v) is 5.20. The normalized spacial score (nSPS) is 12.3. The third-order valence-electron chi connectivity index (χ3n) is 3.67. The molecule has 0 aromatic heterocycles. The van der Waals surface area contributed by atoms with Gasteiger partial charge >= 0.3 is 0 Å². The Morgan fingerprint density at radius 1 is 1.05 bits per heavy atom. The first-order valence-electron chi connectivity index (χ1n) is 7.36. The van der Waals surface area contributed by atoms with Gasteiger partial charge in [-0.3, -0.25) is 10.3 Å². The lowest BCUT2D eigenvalue weighted by Gasteiger charge is -2.31. The van der Waals surface area contributed by atoms with Crippen molar-refractivity contribution in [1.29, 1.82) is 5.41 Å². The van der Waals surface area contributed by atoms with E-state index in [0.717, 1.165) is 13.1 Å². The third kappa shape index (κ3) is 4.43. The lowest BCUT2D eigenvalue weighted by Crippen LogP contribution is -2.31. The fourth-order valence-electron chi connectivity index (χ4n) is 2.60. The highest BCUT2D eigenvalue weighted by atomic mass is 15.1. The summed E-state index contributed by atoms with van der Waals surface area (Å²) in [5.41, 5.74) is 8.17. The van der Waals surface area contributed by atoms with Crippen molar-refractivity contribution in [2.75, 3.05) is 6.54 Å². The first-order valence-corrected chi connectivity index (χ1v) is 7.36. The Morgan fingerprint density at radius 2 is 1.62 bits per heavy atom. The predicted molar refractivity (Wildman–Crippen MR) is 88.2 cm³/mol. The highest BCUT2D eigenvalue weighted by Crippen LogP contribution is 2.25. The molecule has 0 spiro atoms. The van der Waals surface area contributed by atoms with Crippen molar-refractivity contribution in [2.24, 2.45) is 5.73 Å². The Bertz CT molecular complexity index is 551. The van der Waals surface area contributed by atoms with E-state index in [4.69, 9.17) is 11.1 Å². The van der Waals surface area contributed by atoms with E-state index in [1.54, 1.807) is 0 Å². The SMILES string of the molecule is CCN(Cc1ccccc1)C(CC(=N)N)c1ccccc1. The van der Waals surface area contributed by atoms with Gasteiger partial charge in [-0.1, -0.05) is 67.6 Å². The van der Waals surface area contributed by atoms with Gasteiger partial charge in [-0.2, -0.15) is 0 Å². The lowest BCUT2D eigenvalue weighted by molar-refractivity contribution is 0.203. The summed E-state index contributed by atoms with van der Waals surface area (Å²) in [5, 5.41) is 7.67. The number of benzene rings is 2. The zero-order valence-corrected chi connectivity index (χ0v) is 12.5. The second kappa shape index (κ2) is 7.60. The van der Waals surface area contributed by atoms with Gasteiger partial charge in [0, 0.05) is 19.0 Å². The molecular weight excluding hydrogens is 258 g/mol. The van der Waals surface area contributed by atoms with Crippen molar-refractivity contribution < 1.29 is 0 Å². The summed E-state index contributed by atoms with van der Waals surface area (Å²) < 4.78 is 0. The molecule has 3 heteroatoms. The number of nitrogens with two attached hydrogens (primary N) is 1. The molecule has 0 fully saturated rings. The van der Waals surface area contributed by atoms with Crippen LogP contribution in [0.1, 0.15) is 30.5 Å². The Kier molecular flexibility index (Phi) is 5.52. The number of hydrogen-bond donors (Lipinski definition) is 2. The molecule has 0 aliphatic heterocycles. The van der Waals surface area contributed by atoms with Crippen LogP contribution in [0.15, 0.2) is 60.7 Å². The molecule has 0 bridgehead atoms. The summed E-state index contributed by atoms with van der Waals surface area (Å²) in [6, 6.07) is 20.9. The quantitative estimate of drug-likeness (QED) is 0.602. The monoisotopic (exact) mass is 281 g/mol.